The minimum Gasteiger partial charge on any atom is -0.280 e. The lowest BCUT2D eigenvalue weighted by Gasteiger charge is -2.10. The molecule has 0 spiro atoms. The monoisotopic (exact) mass is 200 g/mol. The second-order valence-corrected chi connectivity index (χ2v) is 4.35. The van der Waals surface area contributed by atoms with Crippen LogP contribution < -0.4 is 4.72 Å². The van der Waals surface area contributed by atoms with Crippen molar-refractivity contribution in [1.82, 2.24) is 9.03 Å². The summed E-state index contributed by atoms with van der Waals surface area (Å²) in [7, 11) is -0.819. The Morgan fingerprint density at radius 1 is 1.55 bits per heavy atom. The predicted molar refractivity (Wildman–Crippen MR) is 41.5 cm³/mol. The molecule has 0 heterocycles. The first-order valence-corrected chi connectivity index (χ1v) is 4.53. The number of carbonyl (C=O) groups is 1. The molecule has 0 amide bonds. The highest BCUT2D eigenvalue weighted by Crippen LogP contribution is 1.87. The van der Waals surface area contributed by atoms with E-state index in [4.69, 9.17) is 11.6 Å². The van der Waals surface area contributed by atoms with Gasteiger partial charge in [-0.3, -0.25) is 4.79 Å². The van der Waals surface area contributed by atoms with Crippen LogP contribution in [0.5, 0.6) is 0 Å². The molecule has 5 nitrogen and oxygen atoms in total. The molecule has 1 N–H and O–H groups in total. The second-order valence-electron chi connectivity index (χ2n) is 1.96. The summed E-state index contributed by atoms with van der Waals surface area (Å²) < 4.78 is 24.6. The molecule has 0 unspecified atom stereocenters. The number of hydrogen-bond donors (Lipinski definition) is 1. The van der Waals surface area contributed by atoms with E-state index in [1.165, 1.54) is 14.1 Å². The number of carbonyl (C=O) groups excluding carboxylic acids is 1. The zero-order valence-electron chi connectivity index (χ0n) is 6.17. The fourth-order valence-electron chi connectivity index (χ4n) is 0.277. The number of nitrogens with one attached hydrogen (secondary N) is 1. The van der Waals surface area contributed by atoms with Gasteiger partial charge in [-0.25, -0.2) is 0 Å². The van der Waals surface area contributed by atoms with Crippen LogP contribution in [0.2, 0.25) is 0 Å². The van der Waals surface area contributed by atoms with Gasteiger partial charge in [0.1, 0.15) is 0 Å². The summed E-state index contributed by atoms with van der Waals surface area (Å²) in [6, 6.07) is 0. The molecule has 0 bridgehead atoms. The van der Waals surface area contributed by atoms with Crippen LogP contribution in [0.15, 0.2) is 0 Å². The summed E-state index contributed by atoms with van der Waals surface area (Å²) in [6.07, 6.45) is 0. The predicted octanol–water partition coefficient (Wildman–Crippen LogP) is -0.852. The molecule has 7 heteroatoms. The number of hydrogen-bond acceptors (Lipinski definition) is 3. The molecule has 0 saturated carbocycles. The summed E-state index contributed by atoms with van der Waals surface area (Å²) in [4.78, 5) is 10.1. The lowest BCUT2D eigenvalue weighted by atomic mass is 10.8. The maximum Gasteiger partial charge on any atom is 0.279 e. The molecule has 0 radical (unpaired) electrons. The van der Waals surface area contributed by atoms with Gasteiger partial charge in [0.05, 0.1) is 6.54 Å². The van der Waals surface area contributed by atoms with Crippen LogP contribution in [0.25, 0.3) is 0 Å². The molecule has 0 rings (SSSR count). The summed E-state index contributed by atoms with van der Waals surface area (Å²) >= 11 is 4.90. The lowest BCUT2D eigenvalue weighted by Crippen LogP contribution is -2.37. The lowest BCUT2D eigenvalue weighted by molar-refractivity contribution is -0.110. The van der Waals surface area contributed by atoms with Crippen LogP contribution in [-0.4, -0.2) is 38.6 Å². The van der Waals surface area contributed by atoms with Crippen molar-refractivity contribution < 1.29 is 13.2 Å². The normalized spacial score (nSPS) is 12.0. The fourth-order valence-corrected chi connectivity index (χ4v) is 0.995. The molecule has 0 aromatic heterocycles. The molecule has 0 atom stereocenters. The van der Waals surface area contributed by atoms with Gasteiger partial charge in [0, 0.05) is 14.1 Å². The first kappa shape index (κ1) is 10.8. The topological polar surface area (TPSA) is 66.5 Å². The molecule has 0 saturated heterocycles. The van der Waals surface area contributed by atoms with E-state index in [9.17, 15) is 13.2 Å². The standard InChI is InChI=1S/C4H9ClN2O3S/c1-7(2)11(9,10)6-3-4(5)8/h6H,3H2,1-2H3. The Balaban J connectivity index is 4.05. The molecular weight excluding hydrogens is 192 g/mol. The second kappa shape index (κ2) is 4.01. The van der Waals surface area contributed by atoms with E-state index in [2.05, 4.69) is 0 Å². The van der Waals surface area contributed by atoms with Gasteiger partial charge in [0.25, 0.3) is 10.2 Å². The van der Waals surface area contributed by atoms with Crippen LogP contribution in [0.1, 0.15) is 0 Å². The Bertz CT molecular complexity index is 236. The maximum absolute atomic E-state index is 10.8. The molecule has 0 aliphatic heterocycles. The van der Waals surface area contributed by atoms with Crippen molar-refractivity contribution in [3.63, 3.8) is 0 Å². The smallest absolute Gasteiger partial charge is 0.279 e. The molecule has 0 aromatic carbocycles. The van der Waals surface area contributed by atoms with E-state index in [0.29, 0.717) is 0 Å². The average Bonchev–Trinajstić information content (AvgIpc) is 1.84. The van der Waals surface area contributed by atoms with E-state index < -0.39 is 15.5 Å². The SMILES string of the molecule is CN(C)S(=O)(=O)NCC(=O)Cl. The van der Waals surface area contributed by atoms with Crippen LogP contribution in [0.4, 0.5) is 0 Å². The van der Waals surface area contributed by atoms with Gasteiger partial charge in [-0.1, -0.05) is 0 Å². The third-order valence-electron chi connectivity index (χ3n) is 0.874. The van der Waals surface area contributed by atoms with E-state index in [1.54, 1.807) is 0 Å². The highest BCUT2D eigenvalue weighted by Gasteiger charge is 2.12. The summed E-state index contributed by atoms with van der Waals surface area (Å²) in [5.74, 6) is 0. The Kier molecular flexibility index (Phi) is 3.95. The Morgan fingerprint density at radius 2 is 2.00 bits per heavy atom. The zero-order valence-corrected chi connectivity index (χ0v) is 7.74. The molecule has 66 valence electrons. The fraction of sp³-hybridized carbons (Fsp3) is 0.750. The van der Waals surface area contributed by atoms with Gasteiger partial charge in [0.15, 0.2) is 0 Å². The molecule has 11 heavy (non-hydrogen) atoms. The first-order valence-electron chi connectivity index (χ1n) is 2.71. The molecular formula is C4H9ClN2O3S. The Morgan fingerprint density at radius 3 is 2.27 bits per heavy atom. The average molecular weight is 201 g/mol. The van der Waals surface area contributed by atoms with Gasteiger partial charge in [-0.2, -0.15) is 17.4 Å². The minimum atomic E-state index is -3.52. The van der Waals surface area contributed by atoms with Gasteiger partial charge < -0.3 is 0 Å². The summed E-state index contributed by atoms with van der Waals surface area (Å²) in [6.45, 7) is -0.387. The molecule has 0 aliphatic rings. The molecule has 0 aliphatic carbocycles. The van der Waals surface area contributed by atoms with Crippen LogP contribution >= 0.6 is 11.6 Å². The maximum atomic E-state index is 10.8. The molecule has 0 fully saturated rings. The highest BCUT2D eigenvalue weighted by atomic mass is 35.5. The van der Waals surface area contributed by atoms with Crippen LogP contribution in [0, 0.1) is 0 Å². The summed E-state index contributed by atoms with van der Waals surface area (Å²) in [5, 5.41) is -0.740. The minimum absolute atomic E-state index is 0.387. The van der Waals surface area contributed by atoms with Gasteiger partial charge in [-0.15, -0.1) is 0 Å². The van der Waals surface area contributed by atoms with Gasteiger partial charge in [0.2, 0.25) is 5.24 Å². The van der Waals surface area contributed by atoms with Crippen molar-refractivity contribution in [2.24, 2.45) is 0 Å². The van der Waals surface area contributed by atoms with E-state index in [1.807, 2.05) is 4.72 Å². The van der Waals surface area contributed by atoms with E-state index in [-0.39, 0.29) is 6.54 Å². The van der Waals surface area contributed by atoms with Gasteiger partial charge in [-0.05, 0) is 11.6 Å². The van der Waals surface area contributed by atoms with E-state index in [0.717, 1.165) is 4.31 Å². The van der Waals surface area contributed by atoms with Crippen molar-refractivity contribution in [2.45, 2.75) is 0 Å². The molecule has 0 aromatic rings. The summed E-state index contributed by atoms with van der Waals surface area (Å²) in [5.41, 5.74) is 0. The van der Waals surface area contributed by atoms with Crippen molar-refractivity contribution in [2.75, 3.05) is 20.6 Å². The van der Waals surface area contributed by atoms with Crippen molar-refractivity contribution in [1.29, 1.82) is 0 Å². The Hall–Kier alpha value is -0.170. The number of halogens is 1. The van der Waals surface area contributed by atoms with Crippen LogP contribution in [0.3, 0.4) is 0 Å². The first-order chi connectivity index (χ1) is 4.86. The zero-order chi connectivity index (χ0) is 9.07. The van der Waals surface area contributed by atoms with Crippen molar-refractivity contribution in [3.8, 4) is 0 Å². The Labute approximate surface area is 70.5 Å². The van der Waals surface area contributed by atoms with E-state index >= 15 is 0 Å². The quantitative estimate of drug-likeness (QED) is 0.601. The van der Waals surface area contributed by atoms with Gasteiger partial charge >= 0.3 is 0 Å². The number of nitrogens with zero attached hydrogens (tertiary/aromatic N) is 1. The third-order valence-corrected chi connectivity index (χ3v) is 2.48. The largest absolute Gasteiger partial charge is 0.280 e. The van der Waals surface area contributed by atoms with Crippen molar-refractivity contribution >= 4 is 27.1 Å². The highest BCUT2D eigenvalue weighted by molar-refractivity contribution is 7.87. The van der Waals surface area contributed by atoms with Crippen LogP contribution in [-0.2, 0) is 15.0 Å². The third kappa shape index (κ3) is 4.31. The number of rotatable bonds is 4. The van der Waals surface area contributed by atoms with Crippen molar-refractivity contribution in [3.05, 3.63) is 0 Å².